The lowest BCUT2D eigenvalue weighted by Gasteiger charge is -2.30. The molecule has 3 unspecified atom stereocenters. The fourth-order valence-electron chi connectivity index (χ4n) is 2.78. The molecule has 2 fully saturated rings. The third kappa shape index (κ3) is 3.68. The molecule has 1 aliphatic heterocycles. The van der Waals surface area contributed by atoms with Crippen molar-refractivity contribution < 1.29 is 9.53 Å². The van der Waals surface area contributed by atoms with Gasteiger partial charge in [0.05, 0.1) is 6.61 Å². The molecule has 0 aromatic rings. The molecule has 0 bridgehead atoms. The van der Waals surface area contributed by atoms with Crippen LogP contribution in [0.15, 0.2) is 0 Å². The third-order valence-corrected chi connectivity index (χ3v) is 4.05. The Morgan fingerprint density at radius 3 is 2.94 bits per heavy atom. The molecule has 2 rings (SSSR count). The van der Waals surface area contributed by atoms with Crippen LogP contribution in [-0.2, 0) is 9.53 Å². The molecule has 1 saturated carbocycles. The molecule has 0 aromatic heterocycles. The van der Waals surface area contributed by atoms with E-state index < -0.39 is 0 Å². The van der Waals surface area contributed by atoms with E-state index in [2.05, 4.69) is 17.6 Å². The highest BCUT2D eigenvalue weighted by Crippen LogP contribution is 2.28. The molecule has 4 nitrogen and oxygen atoms in total. The Labute approximate surface area is 103 Å². The van der Waals surface area contributed by atoms with Gasteiger partial charge < -0.3 is 15.4 Å². The highest BCUT2D eigenvalue weighted by molar-refractivity contribution is 5.81. The summed E-state index contributed by atoms with van der Waals surface area (Å²) in [7, 11) is 0. The van der Waals surface area contributed by atoms with Crippen LogP contribution < -0.4 is 10.6 Å². The zero-order chi connectivity index (χ0) is 12.1. The number of amides is 1. The zero-order valence-corrected chi connectivity index (χ0v) is 10.7. The largest absolute Gasteiger partial charge is 0.366 e. The van der Waals surface area contributed by atoms with Crippen LogP contribution in [-0.4, -0.2) is 38.3 Å². The maximum atomic E-state index is 11.9. The maximum Gasteiger partial charge on any atom is 0.250 e. The summed E-state index contributed by atoms with van der Waals surface area (Å²) in [5, 5.41) is 6.23. The topological polar surface area (TPSA) is 50.4 Å². The summed E-state index contributed by atoms with van der Waals surface area (Å²) in [4.78, 5) is 11.9. The molecule has 98 valence electrons. The quantitative estimate of drug-likeness (QED) is 0.771. The number of carbonyl (C=O) groups excluding carboxylic acids is 1. The highest BCUT2D eigenvalue weighted by atomic mass is 16.5. The Bertz CT molecular complexity index is 252. The molecule has 0 spiro atoms. The maximum absolute atomic E-state index is 11.9. The van der Waals surface area contributed by atoms with Crippen molar-refractivity contribution in [3.05, 3.63) is 0 Å². The highest BCUT2D eigenvalue weighted by Gasteiger charge is 2.25. The number of hydrogen-bond acceptors (Lipinski definition) is 3. The van der Waals surface area contributed by atoms with Crippen LogP contribution in [0, 0.1) is 11.8 Å². The Balaban J connectivity index is 1.71. The standard InChI is InChI=1S/C13H24N2O2/c1-10-4-2-3-5-11(10)8-15-13(16)12-9-14-6-7-17-12/h10-12,14H,2-9H2,1H3,(H,15,16). The Kier molecular flexibility index (Phi) is 4.80. The van der Waals surface area contributed by atoms with Gasteiger partial charge in [0.15, 0.2) is 0 Å². The van der Waals surface area contributed by atoms with E-state index in [4.69, 9.17) is 4.74 Å². The second-order valence-corrected chi connectivity index (χ2v) is 5.33. The van der Waals surface area contributed by atoms with Gasteiger partial charge in [-0.15, -0.1) is 0 Å². The summed E-state index contributed by atoms with van der Waals surface area (Å²) in [6.45, 7) is 5.25. The molecule has 1 heterocycles. The van der Waals surface area contributed by atoms with Gasteiger partial charge in [0.25, 0.3) is 0 Å². The first kappa shape index (κ1) is 12.8. The number of hydrogen-bond donors (Lipinski definition) is 2. The minimum Gasteiger partial charge on any atom is -0.366 e. The minimum atomic E-state index is -0.289. The van der Waals surface area contributed by atoms with Crippen LogP contribution in [0.4, 0.5) is 0 Å². The van der Waals surface area contributed by atoms with Crippen LogP contribution in [0.2, 0.25) is 0 Å². The molecule has 2 aliphatic rings. The number of ether oxygens (including phenoxy) is 1. The molecule has 0 radical (unpaired) electrons. The van der Waals surface area contributed by atoms with Gasteiger partial charge in [0.2, 0.25) is 5.91 Å². The fraction of sp³-hybridized carbons (Fsp3) is 0.923. The van der Waals surface area contributed by atoms with Crippen molar-refractivity contribution in [3.63, 3.8) is 0 Å². The van der Waals surface area contributed by atoms with Gasteiger partial charge in [-0.25, -0.2) is 0 Å². The molecule has 4 heteroatoms. The Morgan fingerprint density at radius 2 is 2.24 bits per heavy atom. The lowest BCUT2D eigenvalue weighted by atomic mass is 9.80. The van der Waals surface area contributed by atoms with Crippen molar-refractivity contribution in [1.29, 1.82) is 0 Å². The second kappa shape index (κ2) is 6.36. The number of carbonyl (C=O) groups is 1. The summed E-state index contributed by atoms with van der Waals surface area (Å²) in [5.41, 5.74) is 0. The smallest absolute Gasteiger partial charge is 0.250 e. The predicted octanol–water partition coefficient (Wildman–Crippen LogP) is 0.917. The SMILES string of the molecule is CC1CCCCC1CNC(=O)C1CNCCO1. The first-order valence-electron chi connectivity index (χ1n) is 6.87. The summed E-state index contributed by atoms with van der Waals surface area (Å²) in [5.74, 6) is 1.45. The van der Waals surface area contributed by atoms with Crippen LogP contribution in [0.1, 0.15) is 32.6 Å². The van der Waals surface area contributed by atoms with E-state index in [1.807, 2.05) is 0 Å². The molecule has 17 heavy (non-hydrogen) atoms. The summed E-state index contributed by atoms with van der Waals surface area (Å²) < 4.78 is 5.43. The molecule has 2 N–H and O–H groups in total. The summed E-state index contributed by atoms with van der Waals surface area (Å²) in [6, 6.07) is 0. The van der Waals surface area contributed by atoms with E-state index in [0.717, 1.165) is 19.0 Å². The first-order valence-corrected chi connectivity index (χ1v) is 6.87. The number of rotatable bonds is 3. The molecule has 1 saturated heterocycles. The van der Waals surface area contributed by atoms with Crippen molar-refractivity contribution in [3.8, 4) is 0 Å². The summed E-state index contributed by atoms with van der Waals surface area (Å²) in [6.07, 6.45) is 4.93. The van der Waals surface area contributed by atoms with Crippen molar-refractivity contribution in [2.24, 2.45) is 11.8 Å². The first-order chi connectivity index (χ1) is 8.27. The van der Waals surface area contributed by atoms with Crippen LogP contribution >= 0.6 is 0 Å². The van der Waals surface area contributed by atoms with Crippen molar-refractivity contribution in [1.82, 2.24) is 10.6 Å². The monoisotopic (exact) mass is 240 g/mol. The van der Waals surface area contributed by atoms with E-state index in [-0.39, 0.29) is 12.0 Å². The lowest BCUT2D eigenvalue weighted by Crippen LogP contribution is -2.49. The minimum absolute atomic E-state index is 0.0509. The van der Waals surface area contributed by atoms with E-state index in [9.17, 15) is 4.79 Å². The van der Waals surface area contributed by atoms with Gasteiger partial charge in [-0.2, -0.15) is 0 Å². The van der Waals surface area contributed by atoms with Gasteiger partial charge in [0.1, 0.15) is 6.10 Å². The number of nitrogens with one attached hydrogen (secondary N) is 2. The molecular weight excluding hydrogens is 216 g/mol. The van der Waals surface area contributed by atoms with Gasteiger partial charge in [-0.05, 0) is 18.3 Å². The normalized spacial score (nSPS) is 34.3. The van der Waals surface area contributed by atoms with E-state index >= 15 is 0 Å². The zero-order valence-electron chi connectivity index (χ0n) is 10.7. The van der Waals surface area contributed by atoms with E-state index in [0.29, 0.717) is 19.1 Å². The van der Waals surface area contributed by atoms with Crippen LogP contribution in [0.25, 0.3) is 0 Å². The van der Waals surface area contributed by atoms with Gasteiger partial charge in [0, 0.05) is 19.6 Å². The fourth-order valence-corrected chi connectivity index (χ4v) is 2.78. The average Bonchev–Trinajstić information content (AvgIpc) is 2.38. The van der Waals surface area contributed by atoms with E-state index in [1.165, 1.54) is 25.7 Å². The molecule has 1 aliphatic carbocycles. The van der Waals surface area contributed by atoms with Crippen LogP contribution in [0.5, 0.6) is 0 Å². The van der Waals surface area contributed by atoms with Crippen molar-refractivity contribution in [2.45, 2.75) is 38.7 Å². The second-order valence-electron chi connectivity index (χ2n) is 5.33. The Hall–Kier alpha value is -0.610. The van der Waals surface area contributed by atoms with Gasteiger partial charge >= 0.3 is 0 Å². The molecular formula is C13H24N2O2. The van der Waals surface area contributed by atoms with Crippen molar-refractivity contribution >= 4 is 5.91 Å². The van der Waals surface area contributed by atoms with Crippen molar-refractivity contribution in [2.75, 3.05) is 26.2 Å². The predicted molar refractivity (Wildman–Crippen MR) is 66.7 cm³/mol. The van der Waals surface area contributed by atoms with Gasteiger partial charge in [-0.1, -0.05) is 26.2 Å². The molecule has 0 aromatic carbocycles. The lowest BCUT2D eigenvalue weighted by molar-refractivity contribution is -0.134. The average molecular weight is 240 g/mol. The summed E-state index contributed by atoms with van der Waals surface area (Å²) >= 11 is 0. The van der Waals surface area contributed by atoms with E-state index in [1.54, 1.807) is 0 Å². The number of morpholine rings is 1. The Morgan fingerprint density at radius 1 is 1.41 bits per heavy atom. The van der Waals surface area contributed by atoms with Gasteiger partial charge in [-0.3, -0.25) is 4.79 Å². The van der Waals surface area contributed by atoms with Crippen LogP contribution in [0.3, 0.4) is 0 Å². The third-order valence-electron chi connectivity index (χ3n) is 4.05. The molecule has 3 atom stereocenters. The molecule has 1 amide bonds.